The van der Waals surface area contributed by atoms with Crippen molar-refractivity contribution < 1.29 is 66.2 Å². The van der Waals surface area contributed by atoms with Crippen molar-refractivity contribution in [1.82, 2.24) is 0 Å². The summed E-state index contributed by atoms with van der Waals surface area (Å²) in [6.07, 6.45) is -1.54. The molecule has 0 saturated heterocycles. The van der Waals surface area contributed by atoms with Crippen molar-refractivity contribution in [1.29, 1.82) is 0 Å². The molecule has 0 saturated carbocycles. The van der Waals surface area contributed by atoms with Crippen LogP contribution in [0.15, 0.2) is 146 Å². The molecule has 6 rings (SSSR count). The standard InChI is InChI=1S/C30H38O7Si.C29H36O7Si/c1-30(2,3)38(23-14-10-8-11-15-23,24-16-12-9-13-17-24)37-22(20-27(31)33-5)21-36-26-19-18-25(32-4)28(34-6)29(26)35-7;1-29(2,3)37(22-13-9-7-10-14-22,23-15-11-8-12-16-23)36-21(19-26(30)31)20-35-25-18-17-24(32-4)27(33-5)28(25)34-6/h8-19,22H,20-21H2,1-7H3;7-18,21H,19-20H2,1-6H3,(H,30,31). The normalized spacial score (nSPS) is 12.4. The smallest absolute Gasteiger partial charge is 0.308 e. The molecule has 0 aliphatic carbocycles. The Morgan fingerprint density at radius 1 is 0.413 bits per heavy atom. The number of carbonyl (C=O) groups is 2. The lowest BCUT2D eigenvalue weighted by atomic mass is 10.2. The van der Waals surface area contributed by atoms with Crippen molar-refractivity contribution in [3.05, 3.63) is 146 Å². The maximum atomic E-state index is 12.5. The maximum Gasteiger partial charge on any atom is 0.308 e. The van der Waals surface area contributed by atoms with Gasteiger partial charge in [0.2, 0.25) is 23.0 Å². The van der Waals surface area contributed by atoms with Gasteiger partial charge in [0.05, 0.1) is 74.8 Å². The van der Waals surface area contributed by atoms with Crippen molar-refractivity contribution in [2.24, 2.45) is 0 Å². The van der Waals surface area contributed by atoms with Gasteiger partial charge in [0.25, 0.3) is 16.6 Å². The largest absolute Gasteiger partial charge is 0.493 e. The first-order valence-electron chi connectivity index (χ1n) is 24.6. The fraction of sp³-hybridized carbons (Fsp3) is 0.356. The number of carbonyl (C=O) groups excluding carboxylic acids is 1. The van der Waals surface area contributed by atoms with Crippen LogP contribution in [0.2, 0.25) is 10.1 Å². The highest BCUT2D eigenvalue weighted by molar-refractivity contribution is 7.00. The van der Waals surface area contributed by atoms with Crippen LogP contribution in [0.1, 0.15) is 54.4 Å². The summed E-state index contributed by atoms with van der Waals surface area (Å²) in [5, 5.41) is 13.5. The second kappa shape index (κ2) is 27.0. The van der Waals surface area contributed by atoms with Crippen LogP contribution >= 0.6 is 0 Å². The first-order chi connectivity index (χ1) is 35.9. The predicted molar refractivity (Wildman–Crippen MR) is 297 cm³/mol. The minimum Gasteiger partial charge on any atom is -0.493 e. The molecule has 402 valence electrons. The van der Waals surface area contributed by atoms with E-state index in [0.29, 0.717) is 46.0 Å². The fourth-order valence-electron chi connectivity index (χ4n) is 9.36. The Kier molecular flexibility index (Phi) is 21.2. The summed E-state index contributed by atoms with van der Waals surface area (Å²) < 4.78 is 64.4. The van der Waals surface area contributed by atoms with Crippen LogP contribution in [0.5, 0.6) is 46.0 Å². The molecule has 0 spiro atoms. The number of hydrogen-bond donors (Lipinski definition) is 1. The zero-order chi connectivity index (χ0) is 54.8. The Bertz CT molecular complexity index is 2630. The van der Waals surface area contributed by atoms with Crippen LogP contribution < -0.4 is 58.6 Å². The fourth-order valence-corrected chi connectivity index (χ4v) is 18.7. The average molecular weight is 1060 g/mol. The van der Waals surface area contributed by atoms with Gasteiger partial charge in [0.15, 0.2) is 23.0 Å². The molecule has 1 N–H and O–H groups in total. The molecular weight excluding hydrogens is 989 g/mol. The third-order valence-electron chi connectivity index (χ3n) is 12.7. The maximum absolute atomic E-state index is 12.5. The molecule has 0 aliphatic rings. The number of esters is 1. The van der Waals surface area contributed by atoms with Crippen molar-refractivity contribution in [2.75, 3.05) is 63.0 Å². The first-order valence-corrected chi connectivity index (χ1v) is 28.4. The Labute approximate surface area is 444 Å². The quantitative estimate of drug-likeness (QED) is 0.0452. The molecule has 0 aromatic heterocycles. The zero-order valence-corrected chi connectivity index (χ0v) is 47.6. The Morgan fingerprint density at radius 3 is 0.947 bits per heavy atom. The van der Waals surface area contributed by atoms with Crippen LogP contribution in [-0.2, 0) is 23.2 Å². The number of aliphatic carboxylic acids is 1. The average Bonchev–Trinajstić information content (AvgIpc) is 3.41. The summed E-state index contributed by atoms with van der Waals surface area (Å²) in [5.41, 5.74) is 0. The number of methoxy groups -OCH3 is 7. The van der Waals surface area contributed by atoms with Gasteiger partial charge in [-0.25, -0.2) is 0 Å². The number of carboxylic acid groups (broad SMARTS) is 1. The summed E-state index contributed by atoms with van der Waals surface area (Å²) in [5.74, 6) is 2.10. The van der Waals surface area contributed by atoms with Gasteiger partial charge >= 0.3 is 11.9 Å². The third-order valence-corrected chi connectivity index (χ3v) is 22.9. The molecule has 0 heterocycles. The van der Waals surface area contributed by atoms with E-state index in [0.717, 1.165) is 20.7 Å². The molecule has 14 nitrogen and oxygen atoms in total. The van der Waals surface area contributed by atoms with Crippen molar-refractivity contribution >= 4 is 49.3 Å². The van der Waals surface area contributed by atoms with Crippen molar-refractivity contribution in [3.63, 3.8) is 0 Å². The highest BCUT2D eigenvalue weighted by Crippen LogP contribution is 2.46. The second-order valence-electron chi connectivity index (χ2n) is 19.5. The molecule has 6 aromatic carbocycles. The summed E-state index contributed by atoms with van der Waals surface area (Å²) in [7, 11) is 4.64. The van der Waals surface area contributed by atoms with E-state index in [9.17, 15) is 14.7 Å². The summed E-state index contributed by atoms with van der Waals surface area (Å²) in [6, 6.07) is 47.6. The minimum atomic E-state index is -2.99. The van der Waals surface area contributed by atoms with E-state index in [1.54, 1.807) is 38.5 Å². The second-order valence-corrected chi connectivity index (χ2v) is 28.0. The van der Waals surface area contributed by atoms with E-state index >= 15 is 0 Å². The summed E-state index contributed by atoms with van der Waals surface area (Å²) in [4.78, 5) is 24.5. The Hall–Kier alpha value is -6.99. The van der Waals surface area contributed by atoms with Gasteiger partial charge in [0.1, 0.15) is 13.2 Å². The van der Waals surface area contributed by atoms with Crippen molar-refractivity contribution in [2.45, 2.75) is 76.7 Å². The molecule has 2 unspecified atom stereocenters. The Morgan fingerprint density at radius 2 is 0.693 bits per heavy atom. The van der Waals surface area contributed by atoms with Gasteiger partial charge in [-0.15, -0.1) is 0 Å². The van der Waals surface area contributed by atoms with E-state index in [-0.39, 0.29) is 42.1 Å². The summed E-state index contributed by atoms with van der Waals surface area (Å²) in [6.45, 7) is 13.1. The first kappa shape index (κ1) is 58.9. The van der Waals surface area contributed by atoms with Crippen LogP contribution in [-0.4, -0.2) is 109 Å². The Balaban J connectivity index is 0.000000277. The number of benzene rings is 6. The van der Waals surface area contributed by atoms with E-state index in [1.165, 1.54) is 35.5 Å². The highest BCUT2D eigenvalue weighted by Gasteiger charge is 2.53. The number of hydrogen-bond acceptors (Lipinski definition) is 13. The van der Waals surface area contributed by atoms with Crippen LogP contribution in [0.4, 0.5) is 0 Å². The summed E-state index contributed by atoms with van der Waals surface area (Å²) >= 11 is 0. The van der Waals surface area contributed by atoms with Crippen LogP contribution in [0.25, 0.3) is 0 Å². The lowest BCUT2D eigenvalue weighted by Crippen LogP contribution is -2.68. The molecule has 16 heteroatoms. The lowest BCUT2D eigenvalue weighted by molar-refractivity contribution is -0.143. The van der Waals surface area contributed by atoms with Crippen LogP contribution in [0.3, 0.4) is 0 Å². The molecular formula is C59H74O14Si2. The monoisotopic (exact) mass is 1060 g/mol. The third kappa shape index (κ3) is 13.8. The number of rotatable bonds is 24. The lowest BCUT2D eigenvalue weighted by Gasteiger charge is -2.45. The molecule has 2 atom stereocenters. The predicted octanol–water partition coefficient (Wildman–Crippen LogP) is 9.11. The number of ether oxygens (including phenoxy) is 9. The molecule has 6 aromatic rings. The molecule has 0 amide bonds. The van der Waals surface area contributed by atoms with Gasteiger partial charge in [-0.3, -0.25) is 9.59 Å². The highest BCUT2D eigenvalue weighted by atomic mass is 28.4. The topological polar surface area (TPSA) is 156 Å². The van der Waals surface area contributed by atoms with E-state index in [4.69, 9.17) is 51.5 Å². The molecule has 0 bridgehead atoms. The van der Waals surface area contributed by atoms with Gasteiger partial charge in [-0.2, -0.15) is 0 Å². The van der Waals surface area contributed by atoms with Gasteiger partial charge in [-0.1, -0.05) is 163 Å². The minimum absolute atomic E-state index is 0.00262. The zero-order valence-electron chi connectivity index (χ0n) is 45.6. The van der Waals surface area contributed by atoms with E-state index in [1.807, 2.05) is 72.8 Å². The van der Waals surface area contributed by atoms with E-state index in [2.05, 4.69) is 90.1 Å². The molecule has 0 fully saturated rings. The van der Waals surface area contributed by atoms with Gasteiger partial charge < -0.3 is 56.6 Å². The van der Waals surface area contributed by atoms with E-state index < -0.39 is 34.8 Å². The van der Waals surface area contributed by atoms with Gasteiger partial charge in [0, 0.05) is 0 Å². The molecule has 0 aliphatic heterocycles. The van der Waals surface area contributed by atoms with Crippen molar-refractivity contribution in [3.8, 4) is 46.0 Å². The number of carboxylic acids is 1. The molecule has 0 radical (unpaired) electrons. The molecule has 75 heavy (non-hydrogen) atoms. The SMILES string of the molecule is COC(=O)CC(COc1ccc(OC)c(OC)c1OC)O[Si](c1ccccc1)(c1ccccc1)C(C)(C)C.COc1ccc(OCC(CC(=O)O)O[Si](c2ccccc2)(c2ccccc2)C(C)(C)C)c(OC)c1OC. The van der Waals surface area contributed by atoms with Gasteiger partial charge in [-0.05, 0) is 55.1 Å². The van der Waals surface area contributed by atoms with Crippen LogP contribution in [0, 0.1) is 0 Å².